The molecule has 0 spiro atoms. The predicted molar refractivity (Wildman–Crippen MR) is 96.1 cm³/mol. The SMILES string of the molecule is Cc1ccc(NC(=O)C2(C(=O)N(C)c3ccccc3)CC2)cc1C. The van der Waals surface area contributed by atoms with Crippen LogP contribution in [0.2, 0.25) is 0 Å². The molecule has 2 aromatic rings. The van der Waals surface area contributed by atoms with E-state index in [0.29, 0.717) is 12.8 Å². The van der Waals surface area contributed by atoms with Gasteiger partial charge in [-0.2, -0.15) is 0 Å². The molecule has 4 heteroatoms. The number of nitrogens with one attached hydrogen (secondary N) is 1. The summed E-state index contributed by atoms with van der Waals surface area (Å²) in [6.45, 7) is 4.04. The highest BCUT2D eigenvalue weighted by Gasteiger charge is 2.57. The second-order valence-electron chi connectivity index (χ2n) is 6.53. The maximum atomic E-state index is 12.8. The van der Waals surface area contributed by atoms with Crippen LogP contribution in [0.5, 0.6) is 0 Å². The summed E-state index contributed by atoms with van der Waals surface area (Å²) in [5.74, 6) is -0.353. The van der Waals surface area contributed by atoms with E-state index in [1.807, 2.05) is 62.4 Å². The Morgan fingerprint density at radius 2 is 1.67 bits per heavy atom. The van der Waals surface area contributed by atoms with Gasteiger partial charge in [-0.05, 0) is 62.1 Å². The maximum Gasteiger partial charge on any atom is 0.242 e. The molecular formula is C20H22N2O2. The van der Waals surface area contributed by atoms with Gasteiger partial charge in [0.15, 0.2) is 0 Å². The van der Waals surface area contributed by atoms with Crippen LogP contribution in [0.15, 0.2) is 48.5 Å². The third-order valence-electron chi connectivity index (χ3n) is 4.81. The normalized spacial score (nSPS) is 14.8. The fourth-order valence-electron chi connectivity index (χ4n) is 2.82. The van der Waals surface area contributed by atoms with Crippen LogP contribution in [0, 0.1) is 19.3 Å². The zero-order valence-electron chi connectivity index (χ0n) is 14.3. The largest absolute Gasteiger partial charge is 0.325 e. The first-order chi connectivity index (χ1) is 11.4. The second-order valence-corrected chi connectivity index (χ2v) is 6.53. The lowest BCUT2D eigenvalue weighted by Gasteiger charge is -2.23. The fraction of sp³-hybridized carbons (Fsp3) is 0.300. The number of anilines is 2. The molecule has 2 aromatic carbocycles. The van der Waals surface area contributed by atoms with Crippen LogP contribution in [0.25, 0.3) is 0 Å². The van der Waals surface area contributed by atoms with Crippen molar-refractivity contribution < 1.29 is 9.59 Å². The first-order valence-corrected chi connectivity index (χ1v) is 8.16. The van der Waals surface area contributed by atoms with Crippen LogP contribution in [0.4, 0.5) is 11.4 Å². The van der Waals surface area contributed by atoms with E-state index in [1.165, 1.54) is 5.56 Å². The minimum atomic E-state index is -0.927. The molecule has 0 bridgehead atoms. The quantitative estimate of drug-likeness (QED) is 0.873. The number of carbonyl (C=O) groups is 2. The molecule has 3 rings (SSSR count). The first-order valence-electron chi connectivity index (χ1n) is 8.16. The van der Waals surface area contributed by atoms with E-state index in [2.05, 4.69) is 5.32 Å². The lowest BCUT2D eigenvalue weighted by Crippen LogP contribution is -2.41. The van der Waals surface area contributed by atoms with E-state index in [-0.39, 0.29) is 11.8 Å². The van der Waals surface area contributed by atoms with Crippen LogP contribution in [-0.2, 0) is 9.59 Å². The van der Waals surface area contributed by atoms with Gasteiger partial charge >= 0.3 is 0 Å². The highest BCUT2D eigenvalue weighted by molar-refractivity contribution is 6.17. The molecular weight excluding hydrogens is 300 g/mol. The van der Waals surface area contributed by atoms with Gasteiger partial charge < -0.3 is 10.2 Å². The van der Waals surface area contributed by atoms with Gasteiger partial charge in [0.05, 0.1) is 0 Å². The van der Waals surface area contributed by atoms with Crippen LogP contribution in [0.3, 0.4) is 0 Å². The average Bonchev–Trinajstić information content (AvgIpc) is 3.39. The lowest BCUT2D eigenvalue weighted by molar-refractivity contribution is -0.132. The summed E-state index contributed by atoms with van der Waals surface area (Å²) in [5.41, 5.74) is 2.90. The van der Waals surface area contributed by atoms with Gasteiger partial charge in [-0.25, -0.2) is 0 Å². The van der Waals surface area contributed by atoms with Gasteiger partial charge in [0.1, 0.15) is 5.41 Å². The van der Waals surface area contributed by atoms with Crippen molar-refractivity contribution >= 4 is 23.2 Å². The number of hydrogen-bond donors (Lipinski definition) is 1. The standard InChI is InChI=1S/C20H22N2O2/c1-14-9-10-16(13-15(14)2)21-18(23)20(11-12-20)19(24)22(3)17-7-5-4-6-8-17/h4-10,13H,11-12H2,1-3H3,(H,21,23). The van der Waals surface area contributed by atoms with Gasteiger partial charge in [0.25, 0.3) is 0 Å². The minimum absolute atomic E-state index is 0.143. The molecule has 1 aliphatic carbocycles. The van der Waals surface area contributed by atoms with E-state index in [4.69, 9.17) is 0 Å². The Hall–Kier alpha value is -2.62. The Bertz CT molecular complexity index is 779. The molecule has 0 aromatic heterocycles. The lowest BCUT2D eigenvalue weighted by atomic mass is 10.0. The zero-order chi connectivity index (χ0) is 17.3. The van der Waals surface area contributed by atoms with Crippen LogP contribution in [-0.4, -0.2) is 18.9 Å². The molecule has 0 atom stereocenters. The van der Waals surface area contributed by atoms with Gasteiger partial charge in [-0.1, -0.05) is 24.3 Å². The summed E-state index contributed by atoms with van der Waals surface area (Å²) in [4.78, 5) is 27.1. The van der Waals surface area contributed by atoms with E-state index in [1.54, 1.807) is 11.9 Å². The number of benzene rings is 2. The van der Waals surface area contributed by atoms with Gasteiger partial charge in [0, 0.05) is 18.4 Å². The maximum absolute atomic E-state index is 12.8. The molecule has 0 aliphatic heterocycles. The molecule has 1 N–H and O–H groups in total. The number of hydrogen-bond acceptors (Lipinski definition) is 2. The predicted octanol–water partition coefficient (Wildman–Crippen LogP) is 3.69. The topological polar surface area (TPSA) is 49.4 Å². The summed E-state index contributed by atoms with van der Waals surface area (Å²) in [6, 6.07) is 15.2. The van der Waals surface area contributed by atoms with E-state index < -0.39 is 5.41 Å². The number of aryl methyl sites for hydroxylation is 2. The van der Waals surface area contributed by atoms with E-state index >= 15 is 0 Å². The molecule has 1 aliphatic rings. The minimum Gasteiger partial charge on any atom is -0.325 e. The van der Waals surface area contributed by atoms with Crippen molar-refractivity contribution in [1.29, 1.82) is 0 Å². The Balaban J connectivity index is 1.76. The molecule has 0 heterocycles. The molecule has 0 saturated heterocycles. The van der Waals surface area contributed by atoms with Crippen LogP contribution >= 0.6 is 0 Å². The molecule has 0 unspecified atom stereocenters. The number of amides is 2. The summed E-state index contributed by atoms with van der Waals surface area (Å²) in [6.07, 6.45) is 1.19. The molecule has 124 valence electrons. The van der Waals surface area contributed by atoms with Gasteiger partial charge in [-0.3, -0.25) is 9.59 Å². The highest BCUT2D eigenvalue weighted by Crippen LogP contribution is 2.48. The highest BCUT2D eigenvalue weighted by atomic mass is 16.2. The van der Waals surface area contributed by atoms with Crippen molar-refractivity contribution in [1.82, 2.24) is 0 Å². The summed E-state index contributed by atoms with van der Waals surface area (Å²) >= 11 is 0. The van der Waals surface area contributed by atoms with Crippen LogP contribution in [0.1, 0.15) is 24.0 Å². The van der Waals surface area contributed by atoms with Gasteiger partial charge in [-0.15, -0.1) is 0 Å². The summed E-state index contributed by atoms with van der Waals surface area (Å²) in [5, 5.41) is 2.91. The smallest absolute Gasteiger partial charge is 0.242 e. The number of rotatable bonds is 4. The van der Waals surface area contributed by atoms with Crippen LogP contribution < -0.4 is 10.2 Å². The first kappa shape index (κ1) is 16.2. The van der Waals surface area contributed by atoms with Crippen molar-refractivity contribution in [3.8, 4) is 0 Å². The van der Waals surface area contributed by atoms with Crippen molar-refractivity contribution in [3.63, 3.8) is 0 Å². The third kappa shape index (κ3) is 2.92. The number of carbonyl (C=O) groups excluding carboxylic acids is 2. The molecule has 0 radical (unpaired) electrons. The second kappa shape index (κ2) is 6.11. The van der Waals surface area contributed by atoms with Crippen molar-refractivity contribution in [2.75, 3.05) is 17.3 Å². The number of nitrogens with zero attached hydrogens (tertiary/aromatic N) is 1. The summed E-state index contributed by atoms with van der Waals surface area (Å²) < 4.78 is 0. The van der Waals surface area contributed by atoms with Crippen molar-refractivity contribution in [2.24, 2.45) is 5.41 Å². The Morgan fingerprint density at radius 1 is 1.00 bits per heavy atom. The van der Waals surface area contributed by atoms with Crippen molar-refractivity contribution in [3.05, 3.63) is 59.7 Å². The molecule has 2 amide bonds. The molecule has 1 saturated carbocycles. The number of para-hydroxylation sites is 1. The van der Waals surface area contributed by atoms with Gasteiger partial charge in [0.2, 0.25) is 11.8 Å². The van der Waals surface area contributed by atoms with Crippen molar-refractivity contribution in [2.45, 2.75) is 26.7 Å². The Kier molecular flexibility index (Phi) is 4.14. The summed E-state index contributed by atoms with van der Waals surface area (Å²) in [7, 11) is 1.72. The zero-order valence-corrected chi connectivity index (χ0v) is 14.3. The Labute approximate surface area is 142 Å². The third-order valence-corrected chi connectivity index (χ3v) is 4.81. The Morgan fingerprint density at radius 3 is 2.25 bits per heavy atom. The average molecular weight is 322 g/mol. The fourth-order valence-corrected chi connectivity index (χ4v) is 2.82. The molecule has 1 fully saturated rings. The molecule has 24 heavy (non-hydrogen) atoms. The van der Waals surface area contributed by atoms with E-state index in [9.17, 15) is 9.59 Å². The molecule has 4 nitrogen and oxygen atoms in total. The van der Waals surface area contributed by atoms with E-state index in [0.717, 1.165) is 16.9 Å². The monoisotopic (exact) mass is 322 g/mol.